The van der Waals surface area contributed by atoms with Crippen LogP contribution in [0.15, 0.2) is 12.3 Å². The van der Waals surface area contributed by atoms with Crippen molar-refractivity contribution in [3.8, 4) is 0 Å². The number of aromatic nitrogens is 1. The van der Waals surface area contributed by atoms with E-state index in [1.807, 2.05) is 0 Å². The molecule has 0 atom stereocenters. The number of nitrogens with zero attached hydrogens (tertiary/aromatic N) is 1. The molecule has 2 heterocycles. The molecular weight excluding hydrogens is 260 g/mol. The van der Waals surface area contributed by atoms with E-state index in [-0.39, 0.29) is 24.5 Å². The average Bonchev–Trinajstić information content (AvgIpc) is 2.86. The fraction of sp³-hybridized carbons (Fsp3) is 0.538. The van der Waals surface area contributed by atoms with Crippen molar-refractivity contribution in [3.63, 3.8) is 0 Å². The van der Waals surface area contributed by atoms with Crippen molar-refractivity contribution >= 4 is 17.5 Å². The van der Waals surface area contributed by atoms with Gasteiger partial charge in [-0.2, -0.15) is 0 Å². The zero-order chi connectivity index (χ0) is 14.5. The smallest absolute Gasteiger partial charge is 0.270 e. The lowest BCUT2D eigenvalue weighted by molar-refractivity contribution is -0.125. The first-order chi connectivity index (χ1) is 9.60. The molecule has 1 saturated heterocycles. The molecule has 1 aliphatic heterocycles. The quantitative estimate of drug-likeness (QED) is 0.720. The second-order valence-corrected chi connectivity index (χ2v) is 4.91. The molecule has 4 N–H and O–H groups in total. The Bertz CT molecular complexity index is 478. The number of nitrogens with two attached hydrogens (primary N) is 1. The Hall–Kier alpha value is -2.02. The molecule has 2 rings (SSSR count). The first-order valence-corrected chi connectivity index (χ1v) is 6.61. The van der Waals surface area contributed by atoms with E-state index in [2.05, 4.69) is 10.3 Å². The van der Waals surface area contributed by atoms with E-state index in [4.69, 9.17) is 10.5 Å². The summed E-state index contributed by atoms with van der Waals surface area (Å²) in [5.41, 5.74) is 6.65. The first kappa shape index (κ1) is 14.4. The first-order valence-electron chi connectivity index (χ1n) is 6.61. The predicted molar refractivity (Wildman–Crippen MR) is 74.1 cm³/mol. The maximum Gasteiger partial charge on any atom is 0.270 e. The monoisotopic (exact) mass is 280 g/mol. The number of methoxy groups -OCH3 is 1. The SMILES string of the molecule is COCC(=O)NC1CCN(C(=O)c2cc(N)c[nH]2)CC1. The fourth-order valence-corrected chi connectivity index (χ4v) is 2.33. The minimum atomic E-state index is -0.116. The van der Waals surface area contributed by atoms with Crippen LogP contribution in [0.1, 0.15) is 23.3 Å². The lowest BCUT2D eigenvalue weighted by Gasteiger charge is -2.32. The molecule has 0 unspecified atom stereocenters. The highest BCUT2D eigenvalue weighted by molar-refractivity contribution is 5.93. The number of carbonyl (C=O) groups is 2. The summed E-state index contributed by atoms with van der Waals surface area (Å²) in [5.74, 6) is -0.169. The third-order valence-electron chi connectivity index (χ3n) is 3.36. The van der Waals surface area contributed by atoms with Crippen LogP contribution in [-0.4, -0.2) is 54.5 Å². The van der Waals surface area contributed by atoms with Gasteiger partial charge in [-0.15, -0.1) is 0 Å². The molecule has 0 aliphatic carbocycles. The van der Waals surface area contributed by atoms with Crippen molar-refractivity contribution in [2.45, 2.75) is 18.9 Å². The fourth-order valence-electron chi connectivity index (χ4n) is 2.33. The number of H-pyrrole nitrogens is 1. The second kappa shape index (κ2) is 6.42. The molecule has 0 radical (unpaired) electrons. The summed E-state index contributed by atoms with van der Waals surface area (Å²) in [4.78, 5) is 28.2. The number of hydrogen-bond acceptors (Lipinski definition) is 4. The normalized spacial score (nSPS) is 16.1. The van der Waals surface area contributed by atoms with Gasteiger partial charge in [0.15, 0.2) is 0 Å². The van der Waals surface area contributed by atoms with E-state index in [1.54, 1.807) is 17.2 Å². The third kappa shape index (κ3) is 3.51. The summed E-state index contributed by atoms with van der Waals surface area (Å²) in [5, 5.41) is 2.89. The Morgan fingerprint density at radius 1 is 1.50 bits per heavy atom. The Morgan fingerprint density at radius 2 is 2.20 bits per heavy atom. The Morgan fingerprint density at radius 3 is 2.75 bits per heavy atom. The van der Waals surface area contributed by atoms with Crippen molar-refractivity contribution in [3.05, 3.63) is 18.0 Å². The van der Waals surface area contributed by atoms with E-state index in [1.165, 1.54) is 7.11 Å². The van der Waals surface area contributed by atoms with E-state index in [0.717, 1.165) is 12.8 Å². The van der Waals surface area contributed by atoms with Gasteiger partial charge in [-0.3, -0.25) is 9.59 Å². The van der Waals surface area contributed by atoms with Crippen molar-refractivity contribution in [2.75, 3.05) is 32.5 Å². The molecule has 1 aromatic heterocycles. The summed E-state index contributed by atoms with van der Waals surface area (Å²) in [7, 11) is 1.49. The minimum absolute atomic E-state index is 0.0524. The number of rotatable bonds is 4. The van der Waals surface area contributed by atoms with Crippen molar-refractivity contribution < 1.29 is 14.3 Å². The number of aromatic amines is 1. The minimum Gasteiger partial charge on any atom is -0.397 e. The molecule has 0 aromatic carbocycles. The molecule has 1 aromatic rings. The highest BCUT2D eigenvalue weighted by Crippen LogP contribution is 2.14. The van der Waals surface area contributed by atoms with Gasteiger partial charge in [-0.05, 0) is 18.9 Å². The average molecular weight is 280 g/mol. The van der Waals surface area contributed by atoms with Crippen molar-refractivity contribution in [1.29, 1.82) is 0 Å². The summed E-state index contributed by atoms with van der Waals surface area (Å²) >= 11 is 0. The summed E-state index contributed by atoms with van der Waals surface area (Å²) in [6.07, 6.45) is 3.10. The van der Waals surface area contributed by atoms with E-state index in [0.29, 0.717) is 24.5 Å². The van der Waals surface area contributed by atoms with Crippen LogP contribution in [0.3, 0.4) is 0 Å². The molecule has 7 heteroatoms. The summed E-state index contributed by atoms with van der Waals surface area (Å²) < 4.78 is 4.77. The number of ether oxygens (including phenoxy) is 1. The summed E-state index contributed by atoms with van der Waals surface area (Å²) in [6.45, 7) is 1.31. The summed E-state index contributed by atoms with van der Waals surface area (Å²) in [6, 6.07) is 1.74. The molecule has 0 bridgehead atoms. The number of carbonyl (C=O) groups excluding carboxylic acids is 2. The number of amides is 2. The molecule has 7 nitrogen and oxygen atoms in total. The van der Waals surface area contributed by atoms with Crippen LogP contribution < -0.4 is 11.1 Å². The Labute approximate surface area is 117 Å². The standard InChI is InChI=1S/C13H20N4O3/c1-20-8-12(18)16-10-2-4-17(5-3-10)13(19)11-6-9(14)7-15-11/h6-7,10,15H,2-5,8,14H2,1H3,(H,16,18). The third-order valence-corrected chi connectivity index (χ3v) is 3.36. The van der Waals surface area contributed by atoms with E-state index in [9.17, 15) is 9.59 Å². The van der Waals surface area contributed by atoms with Crippen LogP contribution in [0.25, 0.3) is 0 Å². The number of likely N-dealkylation sites (tertiary alicyclic amines) is 1. The van der Waals surface area contributed by atoms with Gasteiger partial charge in [-0.1, -0.05) is 0 Å². The molecule has 0 spiro atoms. The molecule has 110 valence electrons. The number of piperidine rings is 1. The predicted octanol–water partition coefficient (Wildman–Crippen LogP) is -0.0359. The van der Waals surface area contributed by atoms with Gasteiger partial charge in [-0.25, -0.2) is 0 Å². The molecule has 1 fully saturated rings. The van der Waals surface area contributed by atoms with Gasteiger partial charge >= 0.3 is 0 Å². The maximum absolute atomic E-state index is 12.2. The maximum atomic E-state index is 12.2. The number of hydrogen-bond donors (Lipinski definition) is 3. The number of nitrogen functional groups attached to an aromatic ring is 1. The van der Waals surface area contributed by atoms with Crippen LogP contribution in [0.2, 0.25) is 0 Å². The van der Waals surface area contributed by atoms with Crippen LogP contribution in [-0.2, 0) is 9.53 Å². The van der Waals surface area contributed by atoms with Crippen LogP contribution in [0.5, 0.6) is 0 Å². The lowest BCUT2D eigenvalue weighted by Crippen LogP contribution is -2.47. The number of nitrogens with one attached hydrogen (secondary N) is 2. The van der Waals surface area contributed by atoms with Gasteiger partial charge < -0.3 is 25.7 Å². The highest BCUT2D eigenvalue weighted by Gasteiger charge is 2.25. The van der Waals surface area contributed by atoms with Crippen molar-refractivity contribution in [1.82, 2.24) is 15.2 Å². The molecule has 0 saturated carbocycles. The van der Waals surface area contributed by atoms with Gasteiger partial charge in [0.25, 0.3) is 5.91 Å². The van der Waals surface area contributed by atoms with Crippen LogP contribution in [0.4, 0.5) is 5.69 Å². The van der Waals surface area contributed by atoms with Gasteiger partial charge in [0, 0.05) is 38.1 Å². The van der Waals surface area contributed by atoms with E-state index >= 15 is 0 Å². The molecule has 2 amide bonds. The second-order valence-electron chi connectivity index (χ2n) is 4.91. The van der Waals surface area contributed by atoms with Gasteiger partial charge in [0.1, 0.15) is 12.3 Å². The zero-order valence-electron chi connectivity index (χ0n) is 11.5. The molecule has 1 aliphatic rings. The lowest BCUT2D eigenvalue weighted by atomic mass is 10.0. The van der Waals surface area contributed by atoms with E-state index < -0.39 is 0 Å². The topological polar surface area (TPSA) is 100 Å². The van der Waals surface area contributed by atoms with Crippen LogP contribution >= 0.6 is 0 Å². The zero-order valence-corrected chi connectivity index (χ0v) is 11.5. The molecule has 20 heavy (non-hydrogen) atoms. The number of anilines is 1. The highest BCUT2D eigenvalue weighted by atomic mass is 16.5. The van der Waals surface area contributed by atoms with Gasteiger partial charge in [0.05, 0.1) is 0 Å². The van der Waals surface area contributed by atoms with Crippen molar-refractivity contribution in [2.24, 2.45) is 0 Å². The Balaban J connectivity index is 1.82. The van der Waals surface area contributed by atoms with Crippen LogP contribution in [0, 0.1) is 0 Å². The molecular formula is C13H20N4O3. The largest absolute Gasteiger partial charge is 0.397 e. The van der Waals surface area contributed by atoms with Gasteiger partial charge in [0.2, 0.25) is 5.91 Å². The Kier molecular flexibility index (Phi) is 4.62.